The third-order valence-corrected chi connectivity index (χ3v) is 6.53. The molecule has 174 valence electrons. The van der Waals surface area contributed by atoms with Crippen molar-refractivity contribution in [3.63, 3.8) is 0 Å². The maximum atomic E-state index is 13.7. The molecule has 1 atom stereocenters. The molecule has 0 fully saturated rings. The highest BCUT2D eigenvalue weighted by Gasteiger charge is 2.32. The lowest BCUT2D eigenvalue weighted by Crippen LogP contribution is -2.41. The van der Waals surface area contributed by atoms with Gasteiger partial charge in [-0.25, -0.2) is 0 Å². The first-order valence-corrected chi connectivity index (χ1v) is 12.2. The standard InChI is InChI=1S/C28H28N2O3S/c1-20(2)21-12-14-23(15-13-21)29-28(32)27(22-8-4-3-5-9-22)30(19-24-10-6-16-33-24)26(31)18-25-11-7-17-34-25/h3-17,20,27H,18-19H2,1-2H3,(H,29,32)/t27-/m1/s1. The molecule has 0 unspecified atom stereocenters. The topological polar surface area (TPSA) is 62.6 Å². The summed E-state index contributed by atoms with van der Waals surface area (Å²) in [5, 5.41) is 4.97. The fourth-order valence-electron chi connectivity index (χ4n) is 3.83. The van der Waals surface area contributed by atoms with E-state index in [1.54, 1.807) is 17.2 Å². The van der Waals surface area contributed by atoms with Crippen molar-refractivity contribution in [2.75, 3.05) is 5.32 Å². The molecule has 5 nitrogen and oxygen atoms in total. The lowest BCUT2D eigenvalue weighted by atomic mass is 10.0. The number of nitrogens with one attached hydrogen (secondary N) is 1. The Morgan fingerprint density at radius 1 is 0.912 bits per heavy atom. The Hall–Kier alpha value is -3.64. The summed E-state index contributed by atoms with van der Waals surface area (Å²) >= 11 is 1.53. The van der Waals surface area contributed by atoms with Crippen LogP contribution in [0.2, 0.25) is 0 Å². The lowest BCUT2D eigenvalue weighted by molar-refractivity contribution is -0.139. The highest BCUT2D eigenvalue weighted by molar-refractivity contribution is 7.10. The van der Waals surface area contributed by atoms with Crippen molar-refractivity contribution in [2.24, 2.45) is 0 Å². The Kier molecular flexibility index (Phi) is 7.60. The van der Waals surface area contributed by atoms with E-state index in [0.29, 0.717) is 17.4 Å². The first kappa shape index (κ1) is 23.5. The molecule has 0 aliphatic rings. The number of nitrogens with zero attached hydrogens (tertiary/aromatic N) is 1. The van der Waals surface area contributed by atoms with Crippen LogP contribution < -0.4 is 5.32 Å². The number of amides is 2. The molecule has 4 rings (SSSR count). The number of rotatable bonds is 9. The number of thiophene rings is 1. The zero-order valence-electron chi connectivity index (χ0n) is 19.3. The van der Waals surface area contributed by atoms with E-state index in [-0.39, 0.29) is 24.8 Å². The van der Waals surface area contributed by atoms with Crippen LogP contribution in [0.15, 0.2) is 94.9 Å². The Bertz CT molecular complexity index is 1180. The van der Waals surface area contributed by atoms with Gasteiger partial charge in [-0.2, -0.15) is 0 Å². The molecule has 2 aromatic heterocycles. The van der Waals surface area contributed by atoms with Crippen LogP contribution in [0.4, 0.5) is 5.69 Å². The quantitative estimate of drug-likeness (QED) is 0.306. The second-order valence-electron chi connectivity index (χ2n) is 8.44. The van der Waals surface area contributed by atoms with Gasteiger partial charge >= 0.3 is 0 Å². The van der Waals surface area contributed by atoms with E-state index in [1.165, 1.54) is 16.9 Å². The second-order valence-corrected chi connectivity index (χ2v) is 9.47. The Labute approximate surface area is 204 Å². The second kappa shape index (κ2) is 11.0. The number of hydrogen-bond donors (Lipinski definition) is 1. The maximum absolute atomic E-state index is 13.7. The number of benzene rings is 2. The Morgan fingerprint density at radius 2 is 1.68 bits per heavy atom. The van der Waals surface area contributed by atoms with Crippen LogP contribution in [0.25, 0.3) is 0 Å². The van der Waals surface area contributed by atoms with Crippen LogP contribution in [0.3, 0.4) is 0 Å². The van der Waals surface area contributed by atoms with Crippen LogP contribution in [0.1, 0.15) is 47.6 Å². The van der Waals surface area contributed by atoms with E-state index in [4.69, 9.17) is 4.42 Å². The zero-order valence-corrected chi connectivity index (χ0v) is 20.1. The van der Waals surface area contributed by atoms with E-state index in [9.17, 15) is 9.59 Å². The van der Waals surface area contributed by atoms with Crippen LogP contribution >= 0.6 is 11.3 Å². The number of hydrogen-bond acceptors (Lipinski definition) is 4. The normalized spacial score (nSPS) is 11.9. The van der Waals surface area contributed by atoms with Gasteiger partial charge in [-0.15, -0.1) is 11.3 Å². The van der Waals surface area contributed by atoms with E-state index in [0.717, 1.165) is 10.4 Å². The first-order valence-electron chi connectivity index (χ1n) is 11.3. The smallest absolute Gasteiger partial charge is 0.251 e. The highest BCUT2D eigenvalue weighted by atomic mass is 32.1. The van der Waals surface area contributed by atoms with Gasteiger partial charge in [-0.05, 0) is 52.8 Å². The van der Waals surface area contributed by atoms with Gasteiger partial charge in [0.05, 0.1) is 19.2 Å². The molecule has 4 aromatic rings. The molecule has 0 radical (unpaired) electrons. The molecule has 34 heavy (non-hydrogen) atoms. The minimum absolute atomic E-state index is 0.141. The van der Waals surface area contributed by atoms with Gasteiger partial charge in [-0.3, -0.25) is 9.59 Å². The molecule has 2 aromatic carbocycles. The fraction of sp³-hybridized carbons (Fsp3) is 0.214. The van der Waals surface area contributed by atoms with Crippen molar-refractivity contribution < 1.29 is 14.0 Å². The average Bonchev–Trinajstić information content (AvgIpc) is 3.54. The Morgan fingerprint density at radius 3 is 2.29 bits per heavy atom. The molecular formula is C28H28N2O3S. The van der Waals surface area contributed by atoms with Crippen molar-refractivity contribution in [3.05, 3.63) is 112 Å². The van der Waals surface area contributed by atoms with E-state index < -0.39 is 6.04 Å². The van der Waals surface area contributed by atoms with Crippen molar-refractivity contribution in [3.8, 4) is 0 Å². The van der Waals surface area contributed by atoms with Gasteiger partial charge in [-0.1, -0.05) is 62.4 Å². The number of carbonyl (C=O) groups excluding carboxylic acids is 2. The predicted molar refractivity (Wildman–Crippen MR) is 136 cm³/mol. The van der Waals surface area contributed by atoms with Crippen molar-refractivity contribution in [1.82, 2.24) is 4.90 Å². The number of furan rings is 1. The summed E-state index contributed by atoms with van der Waals surface area (Å²) in [6.45, 7) is 4.45. The summed E-state index contributed by atoms with van der Waals surface area (Å²) in [6, 6.07) is 23.9. The summed E-state index contributed by atoms with van der Waals surface area (Å²) in [4.78, 5) is 29.8. The maximum Gasteiger partial charge on any atom is 0.251 e. The number of anilines is 1. The molecule has 0 bridgehead atoms. The summed E-state index contributed by atoms with van der Waals surface area (Å²) in [7, 11) is 0. The molecule has 0 aliphatic heterocycles. The molecule has 0 spiro atoms. The molecular weight excluding hydrogens is 444 g/mol. The third-order valence-electron chi connectivity index (χ3n) is 5.65. The predicted octanol–water partition coefficient (Wildman–Crippen LogP) is 6.42. The molecule has 6 heteroatoms. The summed E-state index contributed by atoms with van der Waals surface area (Å²) in [5.74, 6) is 0.614. The van der Waals surface area contributed by atoms with E-state index in [1.807, 2.05) is 78.2 Å². The van der Waals surface area contributed by atoms with Gasteiger partial charge in [0, 0.05) is 10.6 Å². The monoisotopic (exact) mass is 472 g/mol. The molecule has 2 amide bonds. The minimum Gasteiger partial charge on any atom is -0.467 e. The molecule has 0 aliphatic carbocycles. The van der Waals surface area contributed by atoms with Crippen molar-refractivity contribution >= 4 is 28.8 Å². The molecule has 0 saturated heterocycles. The third kappa shape index (κ3) is 5.83. The minimum atomic E-state index is -0.816. The zero-order chi connectivity index (χ0) is 23.9. The van der Waals surface area contributed by atoms with Crippen LogP contribution in [0.5, 0.6) is 0 Å². The average molecular weight is 473 g/mol. The molecule has 0 saturated carbocycles. The van der Waals surface area contributed by atoms with Crippen molar-refractivity contribution in [1.29, 1.82) is 0 Å². The van der Waals surface area contributed by atoms with Crippen LogP contribution in [0, 0.1) is 0 Å². The van der Waals surface area contributed by atoms with Gasteiger partial charge in [0.25, 0.3) is 5.91 Å². The fourth-order valence-corrected chi connectivity index (χ4v) is 4.52. The van der Waals surface area contributed by atoms with Crippen LogP contribution in [-0.4, -0.2) is 16.7 Å². The van der Waals surface area contributed by atoms with E-state index >= 15 is 0 Å². The largest absolute Gasteiger partial charge is 0.467 e. The first-order chi connectivity index (χ1) is 16.5. The molecule has 1 N–H and O–H groups in total. The van der Waals surface area contributed by atoms with Gasteiger partial charge in [0.1, 0.15) is 11.8 Å². The van der Waals surface area contributed by atoms with E-state index in [2.05, 4.69) is 19.2 Å². The van der Waals surface area contributed by atoms with Crippen LogP contribution in [-0.2, 0) is 22.6 Å². The Balaban J connectivity index is 1.66. The lowest BCUT2D eigenvalue weighted by Gasteiger charge is -2.31. The number of carbonyl (C=O) groups is 2. The van der Waals surface area contributed by atoms with Gasteiger partial charge in [0.15, 0.2) is 0 Å². The van der Waals surface area contributed by atoms with Crippen molar-refractivity contribution in [2.45, 2.75) is 38.8 Å². The van der Waals surface area contributed by atoms with Gasteiger partial charge < -0.3 is 14.6 Å². The summed E-state index contributed by atoms with van der Waals surface area (Å²) in [5.41, 5.74) is 2.63. The van der Waals surface area contributed by atoms with Gasteiger partial charge in [0.2, 0.25) is 5.91 Å². The summed E-state index contributed by atoms with van der Waals surface area (Å²) < 4.78 is 5.55. The molecule has 2 heterocycles. The summed E-state index contributed by atoms with van der Waals surface area (Å²) in [6.07, 6.45) is 1.79. The highest BCUT2D eigenvalue weighted by Crippen LogP contribution is 2.27. The SMILES string of the molecule is CC(C)c1ccc(NC(=O)[C@@H](c2ccccc2)N(Cc2ccco2)C(=O)Cc2cccs2)cc1.